The van der Waals surface area contributed by atoms with E-state index in [1.807, 2.05) is 24.1 Å². The average molecular weight is 433 g/mol. The molecule has 1 fully saturated rings. The third kappa shape index (κ3) is 6.22. The quantitative estimate of drug-likeness (QED) is 0.342. The van der Waals surface area contributed by atoms with Crippen molar-refractivity contribution in [1.82, 2.24) is 5.01 Å². The Morgan fingerprint density at radius 1 is 1.10 bits per heavy atom. The molecule has 6 nitrogen and oxygen atoms in total. The molecule has 0 N–H and O–H groups in total. The molecular formula is C25H40N2O4. The predicted molar refractivity (Wildman–Crippen MR) is 125 cm³/mol. The van der Waals surface area contributed by atoms with Gasteiger partial charge in [-0.2, -0.15) is 5.10 Å². The fourth-order valence-corrected chi connectivity index (χ4v) is 3.82. The Hall–Kier alpha value is -2.08. The molecule has 0 saturated carbocycles. The molecule has 2 rings (SSSR count). The van der Waals surface area contributed by atoms with Crippen LogP contribution in [-0.2, 0) is 20.4 Å². The number of benzene rings is 1. The van der Waals surface area contributed by atoms with Crippen LogP contribution in [0.25, 0.3) is 0 Å². The highest BCUT2D eigenvalue weighted by Crippen LogP contribution is 2.42. The van der Waals surface area contributed by atoms with E-state index in [2.05, 4.69) is 46.6 Å². The van der Waals surface area contributed by atoms with Crippen LogP contribution in [0.15, 0.2) is 17.2 Å². The van der Waals surface area contributed by atoms with Gasteiger partial charge >= 0.3 is 5.97 Å². The van der Waals surface area contributed by atoms with Gasteiger partial charge in [-0.25, -0.2) is 4.79 Å². The average Bonchev–Trinajstić information content (AvgIpc) is 3.11. The first-order valence-corrected chi connectivity index (χ1v) is 11.2. The van der Waals surface area contributed by atoms with Gasteiger partial charge in [0.1, 0.15) is 17.2 Å². The topological polar surface area (TPSA) is 60.4 Å². The third-order valence-electron chi connectivity index (χ3n) is 5.63. The highest BCUT2D eigenvalue weighted by atomic mass is 16.5. The molecule has 6 heteroatoms. The summed E-state index contributed by atoms with van der Waals surface area (Å²) in [7, 11) is 3.36. The van der Waals surface area contributed by atoms with Crippen molar-refractivity contribution in [3.05, 3.63) is 23.3 Å². The van der Waals surface area contributed by atoms with Crippen LogP contribution in [0.2, 0.25) is 0 Å². The maximum atomic E-state index is 13.3. The van der Waals surface area contributed by atoms with Crippen LogP contribution in [0, 0.1) is 0 Å². The van der Waals surface area contributed by atoms with Crippen molar-refractivity contribution >= 4 is 11.7 Å². The number of nitrogens with zero attached hydrogens (tertiary/aromatic N) is 2. The molecule has 0 bridgehead atoms. The van der Waals surface area contributed by atoms with Crippen molar-refractivity contribution in [2.45, 2.75) is 84.6 Å². The summed E-state index contributed by atoms with van der Waals surface area (Å²) in [6, 6.07) is 4.14. The van der Waals surface area contributed by atoms with Crippen LogP contribution in [0.4, 0.5) is 0 Å². The van der Waals surface area contributed by atoms with Crippen molar-refractivity contribution < 1.29 is 19.0 Å². The Morgan fingerprint density at radius 3 is 2.13 bits per heavy atom. The number of hydrogen-bond acceptors (Lipinski definition) is 6. The molecule has 1 aromatic rings. The van der Waals surface area contributed by atoms with Crippen LogP contribution < -0.4 is 9.47 Å². The zero-order valence-corrected chi connectivity index (χ0v) is 20.8. The second-order valence-electron chi connectivity index (χ2n) is 10.3. The molecule has 0 aromatic heterocycles. The smallest absolute Gasteiger partial charge is 0.359 e. The van der Waals surface area contributed by atoms with E-state index < -0.39 is 5.97 Å². The molecule has 1 aromatic carbocycles. The molecule has 1 atom stereocenters. The molecule has 1 heterocycles. The number of esters is 1. The number of rotatable bonds is 7. The van der Waals surface area contributed by atoms with Crippen LogP contribution in [0.1, 0.15) is 78.9 Å². The lowest BCUT2D eigenvalue weighted by atomic mass is 9.79. The highest BCUT2D eigenvalue weighted by molar-refractivity contribution is 6.36. The molecule has 31 heavy (non-hydrogen) atoms. The standard InChI is InChI=1S/C25H40N2O4/c1-10-21(26-27-13-11-12-17(27)16-29-8)23(28)31-22-19(24(2,3)4)14-18(30-9)15-20(22)25(5,6)7/h14-15,17H,10-13,16H2,1-9H3/b26-21+/t17-/m0/s1. The Balaban J connectivity index is 2.47. The summed E-state index contributed by atoms with van der Waals surface area (Å²) >= 11 is 0. The molecule has 0 unspecified atom stereocenters. The lowest BCUT2D eigenvalue weighted by Gasteiger charge is -2.30. The Kier molecular flexibility index (Phi) is 8.15. The Labute approximate surface area is 187 Å². The lowest BCUT2D eigenvalue weighted by Crippen LogP contribution is -2.32. The summed E-state index contributed by atoms with van der Waals surface area (Å²) in [6.45, 7) is 16.0. The highest BCUT2D eigenvalue weighted by Gasteiger charge is 2.31. The van der Waals surface area contributed by atoms with Crippen molar-refractivity contribution in [3.8, 4) is 11.5 Å². The van der Waals surface area contributed by atoms with E-state index in [1.165, 1.54) is 0 Å². The van der Waals surface area contributed by atoms with E-state index in [1.54, 1.807) is 14.2 Å². The minimum Gasteiger partial charge on any atom is -0.497 e. The fourth-order valence-electron chi connectivity index (χ4n) is 3.82. The van der Waals surface area contributed by atoms with Crippen molar-refractivity contribution in [1.29, 1.82) is 0 Å². The van der Waals surface area contributed by atoms with E-state index in [4.69, 9.17) is 14.2 Å². The Bertz CT molecular complexity index is 768. The Morgan fingerprint density at radius 2 is 1.68 bits per heavy atom. The molecule has 0 aliphatic carbocycles. The van der Waals surface area contributed by atoms with E-state index >= 15 is 0 Å². The van der Waals surface area contributed by atoms with Gasteiger partial charge in [-0.1, -0.05) is 48.5 Å². The number of methoxy groups -OCH3 is 2. The molecule has 0 radical (unpaired) electrons. The van der Waals surface area contributed by atoms with Gasteiger partial charge in [0.2, 0.25) is 0 Å². The van der Waals surface area contributed by atoms with Crippen molar-refractivity contribution in [2.75, 3.05) is 27.4 Å². The van der Waals surface area contributed by atoms with E-state index in [-0.39, 0.29) is 16.9 Å². The monoisotopic (exact) mass is 432 g/mol. The summed E-state index contributed by atoms with van der Waals surface area (Å²) in [6.07, 6.45) is 2.56. The van der Waals surface area contributed by atoms with Crippen LogP contribution in [-0.4, -0.2) is 50.1 Å². The van der Waals surface area contributed by atoms with Gasteiger partial charge in [0.25, 0.3) is 0 Å². The zero-order chi connectivity index (χ0) is 23.4. The molecule has 1 aliphatic rings. The zero-order valence-electron chi connectivity index (χ0n) is 20.8. The van der Waals surface area contributed by atoms with Gasteiger partial charge in [0, 0.05) is 24.8 Å². The second kappa shape index (κ2) is 10.0. The summed E-state index contributed by atoms with van der Waals surface area (Å²) in [5.41, 5.74) is 1.86. The van der Waals surface area contributed by atoms with E-state index in [9.17, 15) is 4.79 Å². The number of ether oxygens (including phenoxy) is 3. The maximum absolute atomic E-state index is 13.3. The number of carbonyl (C=O) groups excluding carboxylic acids is 1. The van der Waals surface area contributed by atoms with Crippen LogP contribution in [0.3, 0.4) is 0 Å². The van der Waals surface area contributed by atoms with E-state index in [0.29, 0.717) is 24.5 Å². The van der Waals surface area contributed by atoms with Gasteiger partial charge in [0.05, 0.1) is 19.8 Å². The molecule has 1 saturated heterocycles. The number of carbonyl (C=O) groups is 1. The third-order valence-corrected chi connectivity index (χ3v) is 5.63. The van der Waals surface area contributed by atoms with Crippen molar-refractivity contribution in [2.24, 2.45) is 5.10 Å². The minimum atomic E-state index is -0.397. The molecule has 0 spiro atoms. The second-order valence-corrected chi connectivity index (χ2v) is 10.3. The fraction of sp³-hybridized carbons (Fsp3) is 0.680. The molecule has 0 amide bonds. The van der Waals surface area contributed by atoms with Crippen LogP contribution in [0.5, 0.6) is 11.5 Å². The summed E-state index contributed by atoms with van der Waals surface area (Å²) in [4.78, 5) is 13.3. The van der Waals surface area contributed by atoms with Gasteiger partial charge in [-0.15, -0.1) is 0 Å². The summed E-state index contributed by atoms with van der Waals surface area (Å²) in [5.74, 6) is 0.979. The first-order valence-electron chi connectivity index (χ1n) is 11.2. The van der Waals surface area contributed by atoms with E-state index in [0.717, 1.165) is 36.3 Å². The first-order chi connectivity index (χ1) is 14.4. The number of hydrogen-bond donors (Lipinski definition) is 0. The largest absolute Gasteiger partial charge is 0.497 e. The van der Waals surface area contributed by atoms with Gasteiger partial charge in [-0.05, 0) is 42.2 Å². The summed E-state index contributed by atoms with van der Waals surface area (Å²) < 4.78 is 17.0. The van der Waals surface area contributed by atoms with Crippen LogP contribution >= 0.6 is 0 Å². The molecular weight excluding hydrogens is 392 g/mol. The normalized spacial score (nSPS) is 17.8. The van der Waals surface area contributed by atoms with Gasteiger partial charge < -0.3 is 14.2 Å². The lowest BCUT2D eigenvalue weighted by molar-refractivity contribution is -0.127. The van der Waals surface area contributed by atoms with Gasteiger partial charge in [0.15, 0.2) is 0 Å². The minimum absolute atomic E-state index is 0.204. The van der Waals surface area contributed by atoms with Crippen molar-refractivity contribution in [3.63, 3.8) is 0 Å². The molecule has 174 valence electrons. The maximum Gasteiger partial charge on any atom is 0.359 e. The predicted octanol–water partition coefficient (Wildman–Crippen LogP) is 5.07. The SMILES string of the molecule is CC/C(=N\N1CCC[C@H]1COC)C(=O)Oc1c(C(C)(C)C)cc(OC)cc1C(C)(C)C. The van der Waals surface area contributed by atoms with Gasteiger partial charge in [-0.3, -0.25) is 5.01 Å². The summed E-state index contributed by atoms with van der Waals surface area (Å²) in [5, 5.41) is 6.66. The number of hydrazone groups is 1. The first kappa shape index (κ1) is 25.2. The molecule has 1 aliphatic heterocycles.